The average Bonchev–Trinajstić information content (AvgIpc) is 2.95. The van der Waals surface area contributed by atoms with Crippen LogP contribution in [0.2, 0.25) is 0 Å². The molecule has 1 fully saturated rings. The lowest BCUT2D eigenvalue weighted by Crippen LogP contribution is -2.22. The summed E-state index contributed by atoms with van der Waals surface area (Å²) in [5.74, 6) is -0.0340. The minimum Gasteiger partial charge on any atom is -0.494 e. The highest BCUT2D eigenvalue weighted by atomic mass is 19.2. The normalized spacial score (nSPS) is 21.9. The van der Waals surface area contributed by atoms with Crippen molar-refractivity contribution in [3.8, 4) is 28.0 Å². The summed E-state index contributed by atoms with van der Waals surface area (Å²) >= 11 is 0. The van der Waals surface area contributed by atoms with Crippen molar-refractivity contribution < 1.29 is 17.9 Å². The van der Waals surface area contributed by atoms with E-state index in [4.69, 9.17) is 4.74 Å². The van der Waals surface area contributed by atoms with Crippen molar-refractivity contribution in [3.05, 3.63) is 95.8 Å². The Morgan fingerprint density at radius 1 is 0.737 bits per heavy atom. The highest BCUT2D eigenvalue weighted by Gasteiger charge is 2.28. The summed E-state index contributed by atoms with van der Waals surface area (Å²) in [5.41, 5.74) is 4.08. The highest BCUT2D eigenvalue weighted by molar-refractivity contribution is 5.74. The van der Waals surface area contributed by atoms with Crippen molar-refractivity contribution >= 4 is 5.57 Å². The van der Waals surface area contributed by atoms with Gasteiger partial charge >= 0.3 is 0 Å². The molecule has 3 aromatic carbocycles. The number of ether oxygens (including phenoxy) is 1. The summed E-state index contributed by atoms with van der Waals surface area (Å²) in [6.45, 7) is 2.11. The van der Waals surface area contributed by atoms with E-state index < -0.39 is 11.6 Å². The highest BCUT2D eigenvalue weighted by Crippen LogP contribution is 2.42. The van der Waals surface area contributed by atoms with Gasteiger partial charge < -0.3 is 4.74 Å². The first-order valence-corrected chi connectivity index (χ1v) is 13.7. The van der Waals surface area contributed by atoms with Crippen LogP contribution in [-0.2, 0) is 0 Å². The van der Waals surface area contributed by atoms with Gasteiger partial charge in [-0.2, -0.15) is 4.39 Å². The monoisotopic (exact) mass is 516 g/mol. The molecule has 1 atom stereocenters. The van der Waals surface area contributed by atoms with Crippen LogP contribution in [0.25, 0.3) is 27.8 Å². The number of allylic oxidation sites excluding steroid dienone is 4. The van der Waals surface area contributed by atoms with Gasteiger partial charge in [0, 0.05) is 11.1 Å². The Bertz CT molecular complexity index is 1330. The lowest BCUT2D eigenvalue weighted by atomic mass is 9.71. The lowest BCUT2D eigenvalue weighted by molar-refractivity contribution is 0.212. The third-order valence-corrected chi connectivity index (χ3v) is 8.51. The van der Waals surface area contributed by atoms with Crippen LogP contribution in [0.5, 0.6) is 5.75 Å². The molecule has 5 rings (SSSR count). The maximum atomic E-state index is 15.3. The maximum Gasteiger partial charge on any atom is 0.201 e. The number of rotatable bonds is 6. The molecular formula is C34H35F3O. The minimum absolute atomic E-state index is 0.130. The summed E-state index contributed by atoms with van der Waals surface area (Å²) in [6, 6.07) is 15.4. The van der Waals surface area contributed by atoms with Gasteiger partial charge in [-0.05, 0) is 110 Å². The third-order valence-electron chi connectivity index (χ3n) is 8.51. The number of methoxy groups -OCH3 is 1. The zero-order valence-electron chi connectivity index (χ0n) is 22.2. The van der Waals surface area contributed by atoms with Crippen molar-refractivity contribution in [1.82, 2.24) is 0 Å². The second-order valence-electron chi connectivity index (χ2n) is 10.7. The molecular weight excluding hydrogens is 481 g/mol. The Hall–Kier alpha value is -3.27. The number of benzene rings is 3. The molecule has 0 N–H and O–H groups in total. The Balaban J connectivity index is 1.26. The average molecular weight is 517 g/mol. The predicted octanol–water partition coefficient (Wildman–Crippen LogP) is 10.0. The molecule has 38 heavy (non-hydrogen) atoms. The molecule has 1 nitrogen and oxygen atoms in total. The molecule has 0 bridgehead atoms. The van der Waals surface area contributed by atoms with Gasteiger partial charge in [0.25, 0.3) is 0 Å². The van der Waals surface area contributed by atoms with Gasteiger partial charge in [0.2, 0.25) is 5.82 Å². The quantitative estimate of drug-likeness (QED) is 0.296. The van der Waals surface area contributed by atoms with E-state index in [9.17, 15) is 8.78 Å². The van der Waals surface area contributed by atoms with Crippen LogP contribution in [0, 0.1) is 35.2 Å². The lowest BCUT2D eigenvalue weighted by Gasteiger charge is -2.35. The summed E-state index contributed by atoms with van der Waals surface area (Å²) in [4.78, 5) is 0. The summed E-state index contributed by atoms with van der Waals surface area (Å²) in [7, 11) is 1.30. The molecule has 2 aliphatic carbocycles. The zero-order valence-corrected chi connectivity index (χ0v) is 22.2. The molecule has 1 unspecified atom stereocenters. The van der Waals surface area contributed by atoms with Crippen LogP contribution in [0.4, 0.5) is 13.2 Å². The second kappa shape index (κ2) is 11.6. The second-order valence-corrected chi connectivity index (χ2v) is 10.7. The van der Waals surface area contributed by atoms with Crippen LogP contribution >= 0.6 is 0 Å². The van der Waals surface area contributed by atoms with Crippen LogP contribution in [0.3, 0.4) is 0 Å². The van der Waals surface area contributed by atoms with Crippen LogP contribution < -0.4 is 4.74 Å². The van der Waals surface area contributed by atoms with Crippen molar-refractivity contribution in [1.29, 1.82) is 0 Å². The number of halogens is 3. The van der Waals surface area contributed by atoms with Gasteiger partial charge in [-0.1, -0.05) is 54.6 Å². The molecule has 3 aromatic rings. The first-order valence-electron chi connectivity index (χ1n) is 13.7. The van der Waals surface area contributed by atoms with Gasteiger partial charge in [-0.3, -0.25) is 0 Å². The van der Waals surface area contributed by atoms with E-state index in [2.05, 4.69) is 25.2 Å². The van der Waals surface area contributed by atoms with Crippen molar-refractivity contribution in [2.75, 3.05) is 7.11 Å². The molecule has 0 heterocycles. The van der Waals surface area contributed by atoms with E-state index in [0.717, 1.165) is 53.7 Å². The van der Waals surface area contributed by atoms with Gasteiger partial charge in [-0.25, -0.2) is 8.78 Å². The van der Waals surface area contributed by atoms with E-state index in [1.165, 1.54) is 44.9 Å². The predicted molar refractivity (Wildman–Crippen MR) is 149 cm³/mol. The largest absolute Gasteiger partial charge is 0.494 e. The van der Waals surface area contributed by atoms with Gasteiger partial charge in [0.15, 0.2) is 11.6 Å². The van der Waals surface area contributed by atoms with E-state index in [1.54, 1.807) is 30.3 Å². The molecule has 0 aliphatic heterocycles. The Morgan fingerprint density at radius 3 is 2.05 bits per heavy atom. The third kappa shape index (κ3) is 5.45. The first-order chi connectivity index (χ1) is 18.5. The minimum atomic E-state index is -1.01. The maximum absolute atomic E-state index is 15.3. The Morgan fingerprint density at radius 2 is 1.42 bits per heavy atom. The van der Waals surface area contributed by atoms with Crippen molar-refractivity contribution in [3.63, 3.8) is 0 Å². The van der Waals surface area contributed by atoms with Gasteiger partial charge in [-0.15, -0.1) is 0 Å². The van der Waals surface area contributed by atoms with E-state index in [1.807, 2.05) is 12.1 Å². The molecule has 0 aromatic heterocycles. The molecule has 1 saturated carbocycles. The molecule has 0 amide bonds. The fraction of sp³-hybridized carbons (Fsp3) is 0.353. The molecule has 4 heteroatoms. The summed E-state index contributed by atoms with van der Waals surface area (Å²) < 4.78 is 48.7. The standard InChI is InChI=1S/C34H35F3O/c1-3-4-22-5-7-23(8-6-22)24-9-13-26(14-10-24)29-18-17-28(21-31(29)35)25-11-15-27(16-12-25)30-19-20-32(38-2)34(37)33(30)36/h3-4,11-13,15-24H,5-10,14H2,1-2H3/b4-3+. The van der Waals surface area contributed by atoms with Crippen molar-refractivity contribution in [2.24, 2.45) is 17.8 Å². The van der Waals surface area contributed by atoms with Crippen LogP contribution in [0.15, 0.2) is 72.8 Å². The number of hydrogen-bond donors (Lipinski definition) is 0. The molecule has 198 valence electrons. The Kier molecular flexibility index (Phi) is 8.06. The van der Waals surface area contributed by atoms with Gasteiger partial charge in [0.1, 0.15) is 5.82 Å². The zero-order chi connectivity index (χ0) is 26.6. The first kappa shape index (κ1) is 26.3. The molecule has 0 radical (unpaired) electrons. The molecule has 2 aliphatic rings. The Labute approximate surface area is 224 Å². The molecule has 0 saturated heterocycles. The number of hydrogen-bond acceptors (Lipinski definition) is 1. The van der Waals surface area contributed by atoms with E-state index in [-0.39, 0.29) is 17.1 Å². The van der Waals surface area contributed by atoms with Gasteiger partial charge in [0.05, 0.1) is 7.11 Å². The summed E-state index contributed by atoms with van der Waals surface area (Å²) in [5, 5.41) is 0. The van der Waals surface area contributed by atoms with E-state index in [0.29, 0.717) is 11.1 Å². The molecule has 0 spiro atoms. The fourth-order valence-electron chi connectivity index (χ4n) is 6.32. The topological polar surface area (TPSA) is 9.23 Å². The van der Waals surface area contributed by atoms with Crippen LogP contribution in [0.1, 0.15) is 57.4 Å². The SMILES string of the molecule is C/C=C/C1CCC(C2CC=C(c3ccc(-c4ccc(-c5ccc(OC)c(F)c5F)cc4)cc3F)CC2)CC1. The smallest absolute Gasteiger partial charge is 0.201 e. The summed E-state index contributed by atoms with van der Waals surface area (Å²) in [6.07, 6.45) is 15.1. The van der Waals surface area contributed by atoms with Crippen LogP contribution in [-0.4, -0.2) is 7.11 Å². The fourth-order valence-corrected chi connectivity index (χ4v) is 6.32. The van der Waals surface area contributed by atoms with E-state index >= 15 is 4.39 Å². The van der Waals surface area contributed by atoms with Crippen molar-refractivity contribution in [2.45, 2.75) is 51.9 Å².